The number of likely N-dealkylation sites (tertiary alicyclic amines) is 1. The second kappa shape index (κ2) is 14.8. The molecule has 0 aliphatic carbocycles. The van der Waals surface area contributed by atoms with Crippen LogP contribution in [-0.4, -0.2) is 82.7 Å². The summed E-state index contributed by atoms with van der Waals surface area (Å²) in [5.41, 5.74) is 1.29. The summed E-state index contributed by atoms with van der Waals surface area (Å²) in [5, 5.41) is 10.8. The number of carbonyl (C=O) groups is 3. The van der Waals surface area contributed by atoms with Gasteiger partial charge in [0.2, 0.25) is 17.7 Å². The van der Waals surface area contributed by atoms with E-state index in [1.165, 1.54) is 0 Å². The Bertz CT molecular complexity index is 1650. The highest BCUT2D eigenvalue weighted by molar-refractivity contribution is 6.03. The van der Waals surface area contributed by atoms with Gasteiger partial charge in [-0.25, -0.2) is 0 Å². The molecule has 0 aromatic heterocycles. The molecule has 6 atom stereocenters. The van der Waals surface area contributed by atoms with Crippen LogP contribution in [0, 0.1) is 11.8 Å². The van der Waals surface area contributed by atoms with Crippen LogP contribution in [0.1, 0.15) is 30.9 Å². The van der Waals surface area contributed by atoms with Crippen LogP contribution in [0.5, 0.6) is 5.75 Å². The third-order valence-corrected chi connectivity index (χ3v) is 10.1. The Morgan fingerprint density at radius 1 is 0.980 bits per heavy atom. The number of carbonyl (C=O) groups excluding carboxylic acids is 3. The van der Waals surface area contributed by atoms with Crippen molar-refractivity contribution in [3.8, 4) is 5.75 Å². The van der Waals surface area contributed by atoms with Crippen molar-refractivity contribution in [2.24, 2.45) is 11.8 Å². The predicted molar refractivity (Wildman–Crippen MR) is 188 cm³/mol. The van der Waals surface area contributed by atoms with Gasteiger partial charge in [-0.15, -0.1) is 13.2 Å². The van der Waals surface area contributed by atoms with Gasteiger partial charge in [-0.3, -0.25) is 14.4 Å². The number of amides is 3. The summed E-state index contributed by atoms with van der Waals surface area (Å²) in [6.07, 6.45) is 4.13. The van der Waals surface area contributed by atoms with Crippen molar-refractivity contribution in [3.63, 3.8) is 0 Å². The van der Waals surface area contributed by atoms with Gasteiger partial charge in [-0.1, -0.05) is 72.8 Å². The molecule has 0 saturated carbocycles. The first-order valence-corrected chi connectivity index (χ1v) is 17.1. The number of aliphatic hydroxyl groups is 1. The number of anilines is 1. The third-order valence-electron chi connectivity index (χ3n) is 10.1. The molecule has 3 heterocycles. The fourth-order valence-corrected chi connectivity index (χ4v) is 8.07. The lowest BCUT2D eigenvalue weighted by Gasteiger charge is -2.39. The lowest BCUT2D eigenvalue weighted by molar-refractivity contribution is -0.151. The van der Waals surface area contributed by atoms with Gasteiger partial charge in [0, 0.05) is 25.3 Å². The van der Waals surface area contributed by atoms with E-state index in [0.717, 1.165) is 11.1 Å². The maximum atomic E-state index is 14.9. The molecular formula is C40H45N3O6. The molecule has 3 saturated heterocycles. The fourth-order valence-electron chi connectivity index (χ4n) is 8.07. The molecule has 3 amide bonds. The van der Waals surface area contributed by atoms with Crippen LogP contribution >= 0.6 is 0 Å². The molecule has 2 unspecified atom stereocenters. The molecule has 6 rings (SSSR count). The van der Waals surface area contributed by atoms with E-state index in [4.69, 9.17) is 9.47 Å². The third kappa shape index (κ3) is 6.40. The molecule has 9 nitrogen and oxygen atoms in total. The van der Waals surface area contributed by atoms with E-state index in [1.807, 2.05) is 91.9 Å². The standard InChI is InChI=1S/C40H45N3O6/c1-4-23-41(26-29-15-11-8-12-16-29)39(47)36-40-22-21-33(49-40)34(37(45)42(24-5-2)30-17-19-32(20-18-30)48-6-3)35(40)38(46)43(36)31(27-44)25-28-13-9-7-10-14-28/h4-5,7-20,31,33-36,44H,1-2,6,21-27H2,3H3/t31-,33+,34-,35+,36?,40?/m1/s1. The summed E-state index contributed by atoms with van der Waals surface area (Å²) in [5.74, 6) is -1.89. The Labute approximate surface area is 288 Å². The minimum Gasteiger partial charge on any atom is -0.494 e. The summed E-state index contributed by atoms with van der Waals surface area (Å²) < 4.78 is 12.4. The highest BCUT2D eigenvalue weighted by Crippen LogP contribution is 2.59. The Kier molecular flexibility index (Phi) is 10.3. The zero-order chi connectivity index (χ0) is 34.5. The number of benzene rings is 3. The predicted octanol–water partition coefficient (Wildman–Crippen LogP) is 4.80. The molecule has 49 heavy (non-hydrogen) atoms. The van der Waals surface area contributed by atoms with Gasteiger partial charge in [0.05, 0.1) is 37.2 Å². The van der Waals surface area contributed by atoms with E-state index < -0.39 is 35.6 Å². The minimum absolute atomic E-state index is 0.230. The Balaban J connectivity index is 1.40. The van der Waals surface area contributed by atoms with E-state index in [9.17, 15) is 19.5 Å². The highest BCUT2D eigenvalue weighted by Gasteiger charge is 2.75. The van der Waals surface area contributed by atoms with Crippen molar-refractivity contribution in [1.82, 2.24) is 9.80 Å². The van der Waals surface area contributed by atoms with Gasteiger partial charge < -0.3 is 29.3 Å². The molecule has 9 heteroatoms. The second-order valence-corrected chi connectivity index (χ2v) is 13.0. The Morgan fingerprint density at radius 3 is 2.24 bits per heavy atom. The zero-order valence-corrected chi connectivity index (χ0v) is 28.0. The maximum absolute atomic E-state index is 14.9. The average molecular weight is 664 g/mol. The van der Waals surface area contributed by atoms with Crippen LogP contribution in [0.3, 0.4) is 0 Å². The van der Waals surface area contributed by atoms with E-state index in [0.29, 0.717) is 43.9 Å². The number of aliphatic hydroxyl groups excluding tert-OH is 1. The molecule has 3 aliphatic heterocycles. The molecule has 3 aromatic rings. The number of hydrogen-bond acceptors (Lipinski definition) is 6. The van der Waals surface area contributed by atoms with Gasteiger partial charge in [-0.2, -0.15) is 0 Å². The number of fused-ring (bicyclic) bond motifs is 1. The first-order valence-electron chi connectivity index (χ1n) is 17.1. The normalized spacial score (nSPS) is 24.3. The summed E-state index contributed by atoms with van der Waals surface area (Å²) in [7, 11) is 0. The van der Waals surface area contributed by atoms with Gasteiger partial charge in [0.15, 0.2) is 0 Å². The van der Waals surface area contributed by atoms with Gasteiger partial charge in [0.25, 0.3) is 0 Å². The van der Waals surface area contributed by atoms with Crippen molar-refractivity contribution in [1.29, 1.82) is 0 Å². The van der Waals surface area contributed by atoms with Crippen LogP contribution in [0.15, 0.2) is 110 Å². The van der Waals surface area contributed by atoms with Gasteiger partial charge >= 0.3 is 0 Å². The number of hydrogen-bond donors (Lipinski definition) is 1. The quantitative estimate of drug-likeness (QED) is 0.235. The molecule has 1 N–H and O–H groups in total. The number of nitrogens with zero attached hydrogens (tertiary/aromatic N) is 3. The fraction of sp³-hybridized carbons (Fsp3) is 0.375. The lowest BCUT2D eigenvalue weighted by atomic mass is 9.70. The monoisotopic (exact) mass is 663 g/mol. The molecule has 0 radical (unpaired) electrons. The second-order valence-electron chi connectivity index (χ2n) is 13.0. The van der Waals surface area contributed by atoms with E-state index in [-0.39, 0.29) is 37.4 Å². The van der Waals surface area contributed by atoms with Crippen molar-refractivity contribution < 1.29 is 29.0 Å². The molecular weight excluding hydrogens is 618 g/mol. The summed E-state index contributed by atoms with van der Waals surface area (Å²) in [6, 6.07) is 24.8. The minimum atomic E-state index is -1.22. The van der Waals surface area contributed by atoms with Crippen LogP contribution in [-0.2, 0) is 32.1 Å². The molecule has 3 fully saturated rings. The van der Waals surface area contributed by atoms with Crippen molar-refractivity contribution in [2.75, 3.05) is 31.2 Å². The van der Waals surface area contributed by atoms with Crippen molar-refractivity contribution in [2.45, 2.75) is 56.5 Å². The molecule has 3 aliphatic rings. The van der Waals surface area contributed by atoms with Gasteiger partial charge in [0.1, 0.15) is 17.4 Å². The number of ether oxygens (including phenoxy) is 2. The number of rotatable bonds is 15. The smallest absolute Gasteiger partial charge is 0.249 e. The van der Waals surface area contributed by atoms with Crippen LogP contribution < -0.4 is 9.64 Å². The summed E-state index contributed by atoms with van der Waals surface area (Å²) in [4.78, 5) is 49.3. The van der Waals surface area contributed by atoms with Gasteiger partial charge in [-0.05, 0) is 61.6 Å². The highest BCUT2D eigenvalue weighted by atomic mass is 16.5. The molecule has 256 valence electrons. The van der Waals surface area contributed by atoms with Crippen molar-refractivity contribution in [3.05, 3.63) is 121 Å². The Morgan fingerprint density at radius 2 is 1.63 bits per heavy atom. The lowest BCUT2D eigenvalue weighted by Crippen LogP contribution is -2.59. The summed E-state index contributed by atoms with van der Waals surface area (Å²) in [6.45, 7) is 10.7. The van der Waals surface area contributed by atoms with Crippen LogP contribution in [0.2, 0.25) is 0 Å². The van der Waals surface area contributed by atoms with E-state index in [1.54, 1.807) is 26.9 Å². The largest absolute Gasteiger partial charge is 0.494 e. The van der Waals surface area contributed by atoms with Crippen LogP contribution in [0.25, 0.3) is 0 Å². The Hall–Kier alpha value is -4.73. The molecule has 2 bridgehead atoms. The van der Waals surface area contributed by atoms with E-state index >= 15 is 0 Å². The van der Waals surface area contributed by atoms with Crippen LogP contribution in [0.4, 0.5) is 5.69 Å². The van der Waals surface area contributed by atoms with E-state index in [2.05, 4.69) is 13.2 Å². The molecule has 3 aromatic carbocycles. The van der Waals surface area contributed by atoms with Crippen molar-refractivity contribution >= 4 is 23.4 Å². The SMILES string of the molecule is C=CCN(Cc1ccccc1)C(=O)C1N([C@@H](CO)Cc2ccccc2)C(=O)[C@@H]2[C@H](C(=O)N(CC=C)c3ccc(OCC)cc3)[C@@H]3CCC12O3. The zero-order valence-electron chi connectivity index (χ0n) is 28.0. The maximum Gasteiger partial charge on any atom is 0.249 e. The average Bonchev–Trinajstić information content (AvgIpc) is 3.77. The first kappa shape index (κ1) is 34.1. The first-order chi connectivity index (χ1) is 23.9. The molecule has 1 spiro atoms. The topological polar surface area (TPSA) is 99.6 Å². The summed E-state index contributed by atoms with van der Waals surface area (Å²) >= 11 is 0.